The van der Waals surface area contributed by atoms with Crippen molar-refractivity contribution >= 4 is 19.8 Å². The van der Waals surface area contributed by atoms with Crippen LogP contribution in [0.5, 0.6) is 0 Å². The van der Waals surface area contributed by atoms with Crippen LogP contribution in [0, 0.1) is 13.8 Å². The van der Waals surface area contributed by atoms with Gasteiger partial charge in [-0.3, -0.25) is 18.6 Å². The number of furan rings is 1. The van der Waals surface area contributed by atoms with Crippen molar-refractivity contribution in [3.8, 4) is 0 Å². The summed E-state index contributed by atoms with van der Waals surface area (Å²) in [5.74, 6) is 1.39. The molecule has 1 heterocycles. The highest BCUT2D eigenvalue weighted by molar-refractivity contribution is 7.47. The molecule has 11 nitrogen and oxygen atoms in total. The standard InChI is InChI=1S/C46H80NO10P/c1-8-10-23-29-41(48)30-25-19-15-13-12-14-16-22-28-34-46(50)56-42(38-55-58(51,52)54-36-35-47(5,6)7)37-53-45(49)33-27-21-18-17-20-26-32-44-40(4)39(3)43(57-44)31-24-11-9-2/h10,15,19,23,25,30,41-42,48H,8-9,11-14,16-18,20-22,24,26-29,31-38H2,1-7H3/p+1/b19-15+,23-10+,30-25+/t41?,42-/m1/s1. The number of quaternary nitrogens is 1. The first kappa shape index (κ1) is 53.5. The number of aliphatic hydroxyl groups excluding tert-OH is 1. The number of rotatable bonds is 36. The lowest BCUT2D eigenvalue weighted by Gasteiger charge is -2.24. The van der Waals surface area contributed by atoms with Gasteiger partial charge in [0.15, 0.2) is 6.10 Å². The Morgan fingerprint density at radius 3 is 1.95 bits per heavy atom. The summed E-state index contributed by atoms with van der Waals surface area (Å²) in [6.07, 6.45) is 29.3. The van der Waals surface area contributed by atoms with Gasteiger partial charge in [-0.05, 0) is 76.3 Å². The van der Waals surface area contributed by atoms with E-state index in [9.17, 15) is 24.2 Å². The van der Waals surface area contributed by atoms with Crippen molar-refractivity contribution in [2.24, 2.45) is 0 Å². The van der Waals surface area contributed by atoms with Crippen LogP contribution >= 0.6 is 7.82 Å². The first-order valence-corrected chi connectivity index (χ1v) is 23.7. The Morgan fingerprint density at radius 1 is 0.741 bits per heavy atom. The Morgan fingerprint density at radius 2 is 1.33 bits per heavy atom. The molecule has 3 atom stereocenters. The normalized spacial score (nSPS) is 14.4. The van der Waals surface area contributed by atoms with Crippen LogP contribution in [-0.2, 0) is 45.5 Å². The van der Waals surface area contributed by atoms with Crippen LogP contribution in [0.25, 0.3) is 0 Å². The Labute approximate surface area is 351 Å². The van der Waals surface area contributed by atoms with Crippen LogP contribution in [0.1, 0.15) is 158 Å². The van der Waals surface area contributed by atoms with Crippen molar-refractivity contribution < 1.29 is 51.6 Å². The number of allylic oxidation sites excluding steroid dienone is 4. The average molecular weight is 839 g/mol. The number of aryl methyl sites for hydroxylation is 2. The molecule has 0 radical (unpaired) electrons. The smallest absolute Gasteiger partial charge is 0.466 e. The van der Waals surface area contributed by atoms with E-state index in [1.807, 2.05) is 45.4 Å². The maximum absolute atomic E-state index is 12.7. The minimum atomic E-state index is -4.41. The fraction of sp³-hybridized carbons (Fsp3) is 0.739. The highest BCUT2D eigenvalue weighted by Crippen LogP contribution is 2.43. The van der Waals surface area contributed by atoms with Crippen molar-refractivity contribution in [3.63, 3.8) is 0 Å². The number of ether oxygens (including phenoxy) is 2. The number of nitrogens with zero attached hydrogens (tertiary/aromatic N) is 1. The minimum absolute atomic E-state index is 0.00870. The van der Waals surface area contributed by atoms with Crippen LogP contribution in [0.4, 0.5) is 0 Å². The van der Waals surface area contributed by atoms with Gasteiger partial charge in [-0.1, -0.05) is 108 Å². The van der Waals surface area contributed by atoms with Gasteiger partial charge < -0.3 is 28.4 Å². The molecule has 0 aliphatic heterocycles. The highest BCUT2D eigenvalue weighted by atomic mass is 31.2. The number of hydrogen-bond donors (Lipinski definition) is 2. The molecule has 1 aromatic heterocycles. The predicted molar refractivity (Wildman–Crippen MR) is 234 cm³/mol. The van der Waals surface area contributed by atoms with E-state index in [1.165, 1.54) is 30.4 Å². The van der Waals surface area contributed by atoms with E-state index < -0.39 is 38.6 Å². The van der Waals surface area contributed by atoms with E-state index >= 15 is 0 Å². The summed E-state index contributed by atoms with van der Waals surface area (Å²) in [4.78, 5) is 35.5. The molecule has 2 unspecified atom stereocenters. The number of carbonyl (C=O) groups excluding carboxylic acids is 2. The van der Waals surface area contributed by atoms with Gasteiger partial charge in [0.2, 0.25) is 0 Å². The molecule has 0 aliphatic carbocycles. The van der Waals surface area contributed by atoms with E-state index in [1.54, 1.807) is 6.08 Å². The zero-order chi connectivity index (χ0) is 43.1. The highest BCUT2D eigenvalue weighted by Gasteiger charge is 2.27. The summed E-state index contributed by atoms with van der Waals surface area (Å²) in [6, 6.07) is 0. The van der Waals surface area contributed by atoms with Crippen LogP contribution in [0.2, 0.25) is 0 Å². The third-order valence-corrected chi connectivity index (χ3v) is 11.0. The second kappa shape index (κ2) is 32.3. The molecular weight excluding hydrogens is 757 g/mol. The summed E-state index contributed by atoms with van der Waals surface area (Å²) < 4.78 is 40.5. The third kappa shape index (κ3) is 28.8. The third-order valence-electron chi connectivity index (χ3n) is 9.97. The molecule has 0 aliphatic rings. The van der Waals surface area contributed by atoms with Crippen molar-refractivity contribution in [3.05, 3.63) is 59.1 Å². The molecular formula is C46H81NO10P+. The number of likely N-dealkylation sites (N-methyl/N-ethyl adjacent to an activating group) is 1. The van der Waals surface area contributed by atoms with Gasteiger partial charge in [-0.25, -0.2) is 4.57 Å². The van der Waals surface area contributed by atoms with E-state index in [4.69, 9.17) is 22.9 Å². The molecule has 1 rings (SSSR count). The van der Waals surface area contributed by atoms with Crippen LogP contribution < -0.4 is 0 Å². The molecule has 0 saturated heterocycles. The van der Waals surface area contributed by atoms with E-state index in [-0.39, 0.29) is 26.1 Å². The quantitative estimate of drug-likeness (QED) is 0.0167. The number of hydrogen-bond acceptors (Lipinski definition) is 9. The summed E-state index contributed by atoms with van der Waals surface area (Å²) in [5.41, 5.74) is 2.60. The zero-order valence-corrected chi connectivity index (χ0v) is 38.2. The van der Waals surface area contributed by atoms with Gasteiger partial charge in [-0.15, -0.1) is 0 Å². The molecule has 58 heavy (non-hydrogen) atoms. The number of unbranched alkanes of at least 4 members (excludes halogenated alkanes) is 12. The molecule has 2 N–H and O–H groups in total. The summed E-state index contributed by atoms with van der Waals surface area (Å²) in [7, 11) is 1.40. The fourth-order valence-electron chi connectivity index (χ4n) is 6.17. The van der Waals surface area contributed by atoms with Gasteiger partial charge in [0, 0.05) is 25.7 Å². The predicted octanol–water partition coefficient (Wildman–Crippen LogP) is 10.8. The SMILES string of the molecule is CC/C=C/CC(O)/C=C/C=C/CCCCCCCC(=O)O[C@H](COC(=O)CCCCCCCCc1oc(CCCCC)c(C)c1C)COP(=O)(O)OCC[N+](C)(C)C. The lowest BCUT2D eigenvalue weighted by Crippen LogP contribution is -2.37. The fourth-order valence-corrected chi connectivity index (χ4v) is 6.91. The monoisotopic (exact) mass is 839 g/mol. The van der Waals surface area contributed by atoms with E-state index in [0.29, 0.717) is 30.3 Å². The number of esters is 2. The van der Waals surface area contributed by atoms with E-state index in [0.717, 1.165) is 95.0 Å². The maximum atomic E-state index is 12.7. The molecule has 0 aromatic carbocycles. The lowest BCUT2D eigenvalue weighted by molar-refractivity contribution is -0.870. The number of carbonyl (C=O) groups is 2. The Hall–Kier alpha value is -2.53. The van der Waals surface area contributed by atoms with Crippen molar-refractivity contribution in [1.29, 1.82) is 0 Å². The number of phosphoric ester groups is 1. The lowest BCUT2D eigenvalue weighted by atomic mass is 10.0. The molecule has 0 bridgehead atoms. The van der Waals surface area contributed by atoms with Crippen molar-refractivity contribution in [1.82, 2.24) is 0 Å². The van der Waals surface area contributed by atoms with Crippen LogP contribution in [-0.4, -0.2) is 86.1 Å². The maximum Gasteiger partial charge on any atom is 0.472 e. The van der Waals surface area contributed by atoms with Crippen molar-refractivity contribution in [2.45, 2.75) is 175 Å². The second-order valence-corrected chi connectivity index (χ2v) is 17.9. The molecule has 1 aromatic rings. The topological polar surface area (TPSA) is 142 Å². The van der Waals surface area contributed by atoms with Gasteiger partial charge in [0.05, 0.1) is 33.9 Å². The first-order valence-electron chi connectivity index (χ1n) is 22.2. The first-order chi connectivity index (χ1) is 27.7. The summed E-state index contributed by atoms with van der Waals surface area (Å²) >= 11 is 0. The molecule has 0 fully saturated rings. The Balaban J connectivity index is 2.41. The largest absolute Gasteiger partial charge is 0.472 e. The van der Waals surface area contributed by atoms with Gasteiger partial charge >= 0.3 is 19.8 Å². The molecule has 0 amide bonds. The van der Waals surface area contributed by atoms with E-state index in [2.05, 4.69) is 33.8 Å². The molecule has 0 spiro atoms. The average Bonchev–Trinajstić information content (AvgIpc) is 3.43. The van der Waals surface area contributed by atoms with Crippen molar-refractivity contribution in [2.75, 3.05) is 47.5 Å². The Bertz CT molecular complexity index is 1380. The second-order valence-electron chi connectivity index (χ2n) is 16.5. The Kier molecular flexibility index (Phi) is 29.8. The van der Waals surface area contributed by atoms with Crippen LogP contribution in [0.3, 0.4) is 0 Å². The van der Waals surface area contributed by atoms with Gasteiger partial charge in [0.1, 0.15) is 31.3 Å². The summed E-state index contributed by atoms with van der Waals surface area (Å²) in [5, 5.41) is 9.90. The number of phosphoric acid groups is 1. The van der Waals surface area contributed by atoms with Crippen LogP contribution in [0.15, 0.2) is 40.9 Å². The number of aliphatic hydroxyl groups is 1. The summed E-state index contributed by atoms with van der Waals surface area (Å²) in [6.45, 7) is 8.41. The van der Waals surface area contributed by atoms with Gasteiger partial charge in [0.25, 0.3) is 0 Å². The molecule has 12 heteroatoms. The molecule has 0 saturated carbocycles. The minimum Gasteiger partial charge on any atom is -0.466 e. The molecule has 334 valence electrons. The zero-order valence-electron chi connectivity index (χ0n) is 37.4. The van der Waals surface area contributed by atoms with Gasteiger partial charge in [-0.2, -0.15) is 0 Å².